The Bertz CT molecular complexity index is 750. The van der Waals surface area contributed by atoms with Crippen molar-refractivity contribution >= 4 is 39.8 Å². The summed E-state index contributed by atoms with van der Waals surface area (Å²) in [7, 11) is -3.70. The summed E-state index contributed by atoms with van der Waals surface area (Å²) in [5, 5.41) is 6.52. The molecule has 1 heterocycles. The Balaban J connectivity index is 0.00000392. The molecule has 0 aromatic heterocycles. The number of aliphatic imine (C=N–C) groups is 1. The molecule has 0 atom stereocenters. The topological polar surface area (TPSA) is 73.8 Å². The zero-order chi connectivity index (χ0) is 19.7. The van der Waals surface area contributed by atoms with E-state index in [1.807, 2.05) is 13.0 Å². The first-order valence-corrected chi connectivity index (χ1v) is 11.0. The molecule has 158 valence electrons. The fourth-order valence-corrected chi connectivity index (χ4v) is 4.24. The van der Waals surface area contributed by atoms with Crippen LogP contribution in [0.25, 0.3) is 0 Å². The molecule has 6 nitrogen and oxygen atoms in total. The molecule has 0 saturated carbocycles. The standard InChI is InChI=1S/C19H29FN4O2S.HI/c1-3-12-24-13-9-16(10-14-24)23-19(21-4-2)22-11-15-27(25,26)18-8-6-5-7-17(18)20;/h3,5-8,16H,1,4,9-15H2,2H3,(H2,21,22,23);1H. The van der Waals surface area contributed by atoms with E-state index in [9.17, 15) is 12.8 Å². The van der Waals surface area contributed by atoms with Crippen LogP contribution in [-0.4, -0.2) is 63.8 Å². The zero-order valence-corrected chi connectivity index (χ0v) is 19.4. The van der Waals surface area contributed by atoms with Crippen LogP contribution in [0.5, 0.6) is 0 Å². The summed E-state index contributed by atoms with van der Waals surface area (Å²) in [5.41, 5.74) is 0. The molecule has 28 heavy (non-hydrogen) atoms. The van der Waals surface area contributed by atoms with E-state index in [0.717, 1.165) is 38.5 Å². The highest BCUT2D eigenvalue weighted by atomic mass is 127. The van der Waals surface area contributed by atoms with Crippen LogP contribution in [0, 0.1) is 5.82 Å². The second-order valence-electron chi connectivity index (χ2n) is 6.52. The highest BCUT2D eigenvalue weighted by Crippen LogP contribution is 2.15. The SMILES string of the molecule is C=CCN1CCC(NC(=NCCS(=O)(=O)c2ccccc2F)NCC)CC1.I. The first-order valence-electron chi connectivity index (χ1n) is 9.31. The average molecular weight is 524 g/mol. The van der Waals surface area contributed by atoms with Gasteiger partial charge in [0.1, 0.15) is 10.7 Å². The van der Waals surface area contributed by atoms with Crippen LogP contribution in [0.4, 0.5) is 4.39 Å². The number of nitrogens with one attached hydrogen (secondary N) is 2. The van der Waals surface area contributed by atoms with Gasteiger partial charge in [0.05, 0.1) is 12.3 Å². The molecule has 1 aromatic carbocycles. The van der Waals surface area contributed by atoms with E-state index in [2.05, 4.69) is 27.1 Å². The Morgan fingerprint density at radius 2 is 2.04 bits per heavy atom. The van der Waals surface area contributed by atoms with Crippen molar-refractivity contribution in [1.29, 1.82) is 0 Å². The minimum atomic E-state index is -3.70. The average Bonchev–Trinajstić information content (AvgIpc) is 2.64. The Hall–Kier alpha value is -1.20. The summed E-state index contributed by atoms with van der Waals surface area (Å²) < 4.78 is 38.4. The number of benzene rings is 1. The lowest BCUT2D eigenvalue weighted by molar-refractivity contribution is 0.225. The van der Waals surface area contributed by atoms with Crippen LogP contribution in [-0.2, 0) is 9.84 Å². The molecular weight excluding hydrogens is 494 g/mol. The van der Waals surface area contributed by atoms with E-state index in [-0.39, 0.29) is 41.2 Å². The van der Waals surface area contributed by atoms with E-state index >= 15 is 0 Å². The van der Waals surface area contributed by atoms with Gasteiger partial charge >= 0.3 is 0 Å². The third kappa shape index (κ3) is 7.67. The molecule has 0 amide bonds. The monoisotopic (exact) mass is 524 g/mol. The lowest BCUT2D eigenvalue weighted by Gasteiger charge is -2.32. The van der Waals surface area contributed by atoms with E-state index in [0.29, 0.717) is 18.5 Å². The van der Waals surface area contributed by atoms with Gasteiger partial charge in [0.25, 0.3) is 0 Å². The van der Waals surface area contributed by atoms with Crippen LogP contribution in [0.3, 0.4) is 0 Å². The first-order chi connectivity index (χ1) is 13.0. The second-order valence-corrected chi connectivity index (χ2v) is 8.60. The van der Waals surface area contributed by atoms with E-state index in [4.69, 9.17) is 0 Å². The number of piperidine rings is 1. The fourth-order valence-electron chi connectivity index (χ4n) is 3.04. The molecule has 1 saturated heterocycles. The van der Waals surface area contributed by atoms with Gasteiger partial charge in [0.15, 0.2) is 15.8 Å². The van der Waals surface area contributed by atoms with Gasteiger partial charge < -0.3 is 10.6 Å². The van der Waals surface area contributed by atoms with Crippen LogP contribution >= 0.6 is 24.0 Å². The van der Waals surface area contributed by atoms with Crippen molar-refractivity contribution in [3.8, 4) is 0 Å². The quantitative estimate of drug-likeness (QED) is 0.237. The molecule has 0 bridgehead atoms. The maximum absolute atomic E-state index is 13.7. The molecule has 1 fully saturated rings. The number of sulfone groups is 1. The van der Waals surface area contributed by atoms with Crippen molar-refractivity contribution in [3.63, 3.8) is 0 Å². The lowest BCUT2D eigenvalue weighted by Crippen LogP contribution is -2.48. The third-order valence-electron chi connectivity index (χ3n) is 4.46. The molecule has 9 heteroatoms. The van der Waals surface area contributed by atoms with Gasteiger partial charge in [-0.3, -0.25) is 9.89 Å². The van der Waals surface area contributed by atoms with Gasteiger partial charge in [-0.25, -0.2) is 12.8 Å². The Labute approximate surface area is 184 Å². The van der Waals surface area contributed by atoms with E-state index < -0.39 is 15.7 Å². The van der Waals surface area contributed by atoms with Crippen molar-refractivity contribution in [2.45, 2.75) is 30.7 Å². The zero-order valence-electron chi connectivity index (χ0n) is 16.2. The number of rotatable bonds is 8. The van der Waals surface area contributed by atoms with Crippen LogP contribution in [0.15, 0.2) is 46.8 Å². The maximum Gasteiger partial charge on any atom is 0.191 e. The molecular formula is C19H30FIN4O2S. The van der Waals surface area contributed by atoms with Crippen LogP contribution in [0.2, 0.25) is 0 Å². The minimum Gasteiger partial charge on any atom is -0.357 e. The van der Waals surface area contributed by atoms with Crippen LogP contribution in [0.1, 0.15) is 19.8 Å². The van der Waals surface area contributed by atoms with Gasteiger partial charge in [0.2, 0.25) is 0 Å². The minimum absolute atomic E-state index is 0. The summed E-state index contributed by atoms with van der Waals surface area (Å²) in [6.45, 7) is 9.36. The molecule has 0 radical (unpaired) electrons. The maximum atomic E-state index is 13.7. The molecule has 0 unspecified atom stereocenters. The number of hydrogen-bond donors (Lipinski definition) is 2. The smallest absolute Gasteiger partial charge is 0.191 e. The number of likely N-dealkylation sites (tertiary alicyclic amines) is 1. The van der Waals surface area contributed by atoms with Crippen molar-refractivity contribution in [2.75, 3.05) is 38.5 Å². The van der Waals surface area contributed by atoms with Gasteiger partial charge in [-0.05, 0) is 31.9 Å². The summed E-state index contributed by atoms with van der Waals surface area (Å²) >= 11 is 0. The Morgan fingerprint density at radius 3 is 2.64 bits per heavy atom. The van der Waals surface area contributed by atoms with E-state index in [1.165, 1.54) is 18.2 Å². The Kier molecular flexibility index (Phi) is 11.0. The molecule has 1 aliphatic heterocycles. The fraction of sp³-hybridized carbons (Fsp3) is 0.526. The van der Waals surface area contributed by atoms with Gasteiger partial charge in [-0.2, -0.15) is 0 Å². The highest BCUT2D eigenvalue weighted by Gasteiger charge is 2.20. The summed E-state index contributed by atoms with van der Waals surface area (Å²) in [6.07, 6.45) is 3.90. The van der Waals surface area contributed by atoms with Gasteiger partial charge in [0, 0.05) is 32.2 Å². The predicted molar refractivity (Wildman–Crippen MR) is 123 cm³/mol. The molecule has 1 aliphatic rings. The van der Waals surface area contributed by atoms with Crippen molar-refractivity contribution in [3.05, 3.63) is 42.7 Å². The highest BCUT2D eigenvalue weighted by molar-refractivity contribution is 14.0. The normalized spacial score (nSPS) is 16.3. The predicted octanol–water partition coefficient (Wildman–Crippen LogP) is 2.42. The second kappa shape index (κ2) is 12.4. The third-order valence-corrected chi connectivity index (χ3v) is 6.18. The number of guanidine groups is 1. The molecule has 1 aromatic rings. The van der Waals surface area contributed by atoms with Gasteiger partial charge in [-0.15, -0.1) is 30.6 Å². The lowest BCUT2D eigenvalue weighted by atomic mass is 10.1. The number of nitrogens with zero attached hydrogens (tertiary/aromatic N) is 2. The Morgan fingerprint density at radius 1 is 1.36 bits per heavy atom. The van der Waals surface area contributed by atoms with Crippen molar-refractivity contribution in [1.82, 2.24) is 15.5 Å². The van der Waals surface area contributed by atoms with Crippen LogP contribution < -0.4 is 10.6 Å². The summed E-state index contributed by atoms with van der Waals surface area (Å²) in [4.78, 5) is 6.44. The van der Waals surface area contributed by atoms with Crippen molar-refractivity contribution < 1.29 is 12.8 Å². The number of halogens is 2. The van der Waals surface area contributed by atoms with Crippen molar-refractivity contribution in [2.24, 2.45) is 4.99 Å². The molecule has 0 aliphatic carbocycles. The summed E-state index contributed by atoms with van der Waals surface area (Å²) in [5.74, 6) is -0.358. The largest absolute Gasteiger partial charge is 0.357 e. The van der Waals surface area contributed by atoms with Gasteiger partial charge in [-0.1, -0.05) is 18.2 Å². The molecule has 2 N–H and O–H groups in total. The summed E-state index contributed by atoms with van der Waals surface area (Å²) in [6, 6.07) is 5.73. The van der Waals surface area contributed by atoms with E-state index in [1.54, 1.807) is 0 Å². The molecule has 0 spiro atoms. The number of hydrogen-bond acceptors (Lipinski definition) is 4. The first kappa shape index (κ1) is 24.8. The molecule has 2 rings (SSSR count).